The molecule has 0 bridgehead atoms. The summed E-state index contributed by atoms with van der Waals surface area (Å²) in [4.78, 5) is 2.22. The summed E-state index contributed by atoms with van der Waals surface area (Å²) < 4.78 is 1.11. The van der Waals surface area contributed by atoms with Crippen LogP contribution in [0.5, 0.6) is 0 Å². The predicted molar refractivity (Wildman–Crippen MR) is 79.2 cm³/mol. The molecule has 0 aromatic heterocycles. The number of hydrogen-bond acceptors (Lipinski definition) is 2. The van der Waals surface area contributed by atoms with E-state index in [0.29, 0.717) is 5.92 Å². The molecule has 3 heteroatoms. The van der Waals surface area contributed by atoms with Gasteiger partial charge in [0.15, 0.2) is 0 Å². The van der Waals surface area contributed by atoms with Crippen LogP contribution in [0.25, 0.3) is 0 Å². The van der Waals surface area contributed by atoms with Crippen LogP contribution in [0.4, 0.5) is 0 Å². The van der Waals surface area contributed by atoms with Crippen LogP contribution in [0.1, 0.15) is 25.0 Å². The van der Waals surface area contributed by atoms with E-state index in [1.165, 1.54) is 11.1 Å². The van der Waals surface area contributed by atoms with E-state index < -0.39 is 0 Å². The number of aryl methyl sites for hydroxylation is 1. The van der Waals surface area contributed by atoms with Crippen molar-refractivity contribution in [2.45, 2.75) is 27.3 Å². The summed E-state index contributed by atoms with van der Waals surface area (Å²) in [5.74, 6) is 0.503. The number of nitrogens with zero attached hydrogens (tertiary/aromatic N) is 2. The molecule has 0 aliphatic heterocycles. The van der Waals surface area contributed by atoms with Crippen molar-refractivity contribution >= 4 is 15.9 Å². The number of benzene rings is 1. The standard InChI is InChI=1S/C15H21BrN2/c1-11(2)14(8-17)10-18(4)9-13-7-15(16)6-5-12(13)3/h5-7,11,14H,9-10H2,1-4H3. The van der Waals surface area contributed by atoms with Crippen molar-refractivity contribution in [3.63, 3.8) is 0 Å². The van der Waals surface area contributed by atoms with Crippen molar-refractivity contribution in [3.8, 4) is 6.07 Å². The Morgan fingerprint density at radius 3 is 2.61 bits per heavy atom. The van der Waals surface area contributed by atoms with Crippen molar-refractivity contribution in [3.05, 3.63) is 33.8 Å². The summed E-state index contributed by atoms with van der Waals surface area (Å²) in [5.41, 5.74) is 2.61. The summed E-state index contributed by atoms with van der Waals surface area (Å²) in [6, 6.07) is 8.73. The quantitative estimate of drug-likeness (QED) is 0.822. The Morgan fingerprint density at radius 1 is 1.39 bits per heavy atom. The van der Waals surface area contributed by atoms with E-state index in [1.807, 2.05) is 0 Å². The fraction of sp³-hybridized carbons (Fsp3) is 0.533. The highest BCUT2D eigenvalue weighted by Gasteiger charge is 2.15. The largest absolute Gasteiger partial charge is 0.301 e. The number of nitriles is 1. The molecule has 0 heterocycles. The van der Waals surface area contributed by atoms with Crippen LogP contribution >= 0.6 is 15.9 Å². The molecule has 0 fully saturated rings. The molecule has 18 heavy (non-hydrogen) atoms. The van der Waals surface area contributed by atoms with Gasteiger partial charge in [-0.1, -0.05) is 35.8 Å². The zero-order valence-corrected chi connectivity index (χ0v) is 13.2. The minimum absolute atomic E-state index is 0.0995. The Labute approximate surface area is 119 Å². The van der Waals surface area contributed by atoms with Gasteiger partial charge in [-0.3, -0.25) is 0 Å². The fourth-order valence-corrected chi connectivity index (χ4v) is 2.31. The summed E-state index contributed by atoms with van der Waals surface area (Å²) in [6.07, 6.45) is 0. The predicted octanol–water partition coefficient (Wildman–Crippen LogP) is 3.99. The van der Waals surface area contributed by atoms with Gasteiger partial charge in [-0.15, -0.1) is 0 Å². The summed E-state index contributed by atoms with van der Waals surface area (Å²) in [5, 5.41) is 9.13. The monoisotopic (exact) mass is 308 g/mol. The summed E-state index contributed by atoms with van der Waals surface area (Å²) >= 11 is 3.50. The first-order chi connectivity index (χ1) is 8.43. The summed E-state index contributed by atoms with van der Waals surface area (Å²) in [7, 11) is 2.08. The molecule has 1 rings (SSSR count). The number of hydrogen-bond donors (Lipinski definition) is 0. The lowest BCUT2D eigenvalue weighted by Crippen LogP contribution is -2.27. The van der Waals surface area contributed by atoms with Gasteiger partial charge in [0.1, 0.15) is 0 Å². The van der Waals surface area contributed by atoms with Gasteiger partial charge in [0, 0.05) is 17.6 Å². The van der Waals surface area contributed by atoms with Crippen LogP contribution in [-0.2, 0) is 6.54 Å². The highest BCUT2D eigenvalue weighted by molar-refractivity contribution is 9.10. The third kappa shape index (κ3) is 4.44. The number of halogens is 1. The Kier molecular flexibility index (Phi) is 5.84. The van der Waals surface area contributed by atoms with Gasteiger partial charge in [0.2, 0.25) is 0 Å². The minimum Gasteiger partial charge on any atom is -0.301 e. The first kappa shape index (κ1) is 15.2. The molecule has 0 aliphatic carbocycles. The Balaban J connectivity index is 2.67. The molecule has 0 spiro atoms. The Bertz CT molecular complexity index is 435. The Morgan fingerprint density at radius 2 is 2.06 bits per heavy atom. The van der Waals surface area contributed by atoms with E-state index in [2.05, 4.69) is 72.9 Å². The fourth-order valence-electron chi connectivity index (χ4n) is 1.90. The lowest BCUT2D eigenvalue weighted by atomic mass is 9.97. The number of rotatable bonds is 5. The summed E-state index contributed by atoms with van der Waals surface area (Å²) in [6.45, 7) is 8.04. The smallest absolute Gasteiger partial charge is 0.0672 e. The van der Waals surface area contributed by atoms with Gasteiger partial charge < -0.3 is 4.90 Å². The van der Waals surface area contributed by atoms with Crippen molar-refractivity contribution in [1.82, 2.24) is 4.90 Å². The minimum atomic E-state index is 0.0995. The van der Waals surface area contributed by atoms with E-state index in [4.69, 9.17) is 5.26 Å². The molecule has 0 N–H and O–H groups in total. The molecule has 1 aromatic carbocycles. The van der Waals surface area contributed by atoms with Gasteiger partial charge in [0.05, 0.1) is 12.0 Å². The lowest BCUT2D eigenvalue weighted by molar-refractivity contribution is 0.265. The zero-order chi connectivity index (χ0) is 13.7. The maximum absolute atomic E-state index is 9.13. The van der Waals surface area contributed by atoms with Crippen LogP contribution in [0, 0.1) is 30.1 Å². The molecule has 1 unspecified atom stereocenters. The topological polar surface area (TPSA) is 27.0 Å². The molecule has 0 saturated carbocycles. The average molecular weight is 309 g/mol. The third-order valence-corrected chi connectivity index (χ3v) is 3.72. The van der Waals surface area contributed by atoms with Gasteiger partial charge in [-0.05, 0) is 43.1 Å². The molecule has 2 nitrogen and oxygen atoms in total. The maximum Gasteiger partial charge on any atom is 0.0672 e. The molecule has 0 radical (unpaired) electrons. The molecular formula is C15H21BrN2. The highest BCUT2D eigenvalue weighted by atomic mass is 79.9. The second kappa shape index (κ2) is 6.92. The highest BCUT2D eigenvalue weighted by Crippen LogP contribution is 2.18. The van der Waals surface area contributed by atoms with Crippen LogP contribution in [0.2, 0.25) is 0 Å². The Hall–Kier alpha value is -0.850. The van der Waals surface area contributed by atoms with Crippen LogP contribution in [0.15, 0.2) is 22.7 Å². The second-order valence-corrected chi connectivity index (χ2v) is 6.16. The van der Waals surface area contributed by atoms with Crippen LogP contribution in [0.3, 0.4) is 0 Å². The molecule has 0 aliphatic rings. The second-order valence-electron chi connectivity index (χ2n) is 5.25. The van der Waals surface area contributed by atoms with Crippen LogP contribution < -0.4 is 0 Å². The van der Waals surface area contributed by atoms with Gasteiger partial charge in [-0.2, -0.15) is 5.26 Å². The van der Waals surface area contributed by atoms with Gasteiger partial charge in [0.25, 0.3) is 0 Å². The molecule has 1 atom stereocenters. The first-order valence-electron chi connectivity index (χ1n) is 6.27. The van der Waals surface area contributed by atoms with E-state index in [0.717, 1.165) is 17.6 Å². The molecule has 0 amide bonds. The first-order valence-corrected chi connectivity index (χ1v) is 7.06. The molecule has 1 aromatic rings. The molecular weight excluding hydrogens is 288 g/mol. The molecule has 0 saturated heterocycles. The van der Waals surface area contributed by atoms with Crippen molar-refractivity contribution in [2.24, 2.45) is 11.8 Å². The van der Waals surface area contributed by atoms with E-state index in [9.17, 15) is 0 Å². The van der Waals surface area contributed by atoms with Gasteiger partial charge in [-0.25, -0.2) is 0 Å². The average Bonchev–Trinajstić information content (AvgIpc) is 2.30. The van der Waals surface area contributed by atoms with E-state index in [1.54, 1.807) is 0 Å². The van der Waals surface area contributed by atoms with Crippen molar-refractivity contribution < 1.29 is 0 Å². The van der Waals surface area contributed by atoms with Crippen molar-refractivity contribution in [2.75, 3.05) is 13.6 Å². The lowest BCUT2D eigenvalue weighted by Gasteiger charge is -2.22. The van der Waals surface area contributed by atoms with Crippen LogP contribution in [-0.4, -0.2) is 18.5 Å². The third-order valence-electron chi connectivity index (χ3n) is 3.23. The van der Waals surface area contributed by atoms with E-state index >= 15 is 0 Å². The normalized spacial score (nSPS) is 12.8. The zero-order valence-electron chi connectivity index (χ0n) is 11.6. The van der Waals surface area contributed by atoms with Gasteiger partial charge >= 0.3 is 0 Å². The van der Waals surface area contributed by atoms with E-state index in [-0.39, 0.29) is 5.92 Å². The maximum atomic E-state index is 9.13. The molecule has 98 valence electrons. The van der Waals surface area contributed by atoms with Crippen molar-refractivity contribution in [1.29, 1.82) is 5.26 Å². The SMILES string of the molecule is Cc1ccc(Br)cc1CN(C)CC(C#N)C(C)C.